The lowest BCUT2D eigenvalue weighted by atomic mass is 9.44. The molecule has 0 unspecified atom stereocenters. The summed E-state index contributed by atoms with van der Waals surface area (Å²) in [6, 6.07) is 0. The number of carbonyl (C=O) groups is 3. The first kappa shape index (κ1) is 22.1. The second kappa shape index (κ2) is 6.69. The number of alkyl halides is 1. The molecule has 168 valence electrons. The van der Waals surface area contributed by atoms with Crippen LogP contribution in [-0.4, -0.2) is 51.7 Å². The van der Waals surface area contributed by atoms with E-state index in [1.165, 1.54) is 19.1 Å². The van der Waals surface area contributed by atoms with Crippen molar-refractivity contribution in [1.29, 1.82) is 0 Å². The summed E-state index contributed by atoms with van der Waals surface area (Å²) in [6.07, 6.45) is 3.86. The van der Waals surface area contributed by atoms with Crippen molar-refractivity contribution in [3.8, 4) is 0 Å². The van der Waals surface area contributed by atoms with Crippen LogP contribution in [0.15, 0.2) is 36.0 Å². The van der Waals surface area contributed by atoms with Crippen molar-refractivity contribution in [3.05, 3.63) is 36.0 Å². The van der Waals surface area contributed by atoms with E-state index in [0.717, 1.165) is 0 Å². The lowest BCUT2D eigenvalue weighted by molar-refractivity contribution is -0.215. The molecule has 6 nitrogen and oxygen atoms in total. The Bertz CT molecular complexity index is 952. The van der Waals surface area contributed by atoms with Crippen molar-refractivity contribution in [2.45, 2.75) is 63.8 Å². The zero-order chi connectivity index (χ0) is 23.0. The van der Waals surface area contributed by atoms with Gasteiger partial charge in [0.15, 0.2) is 23.7 Å². The number of ketones is 2. The molecule has 0 amide bonds. The Kier molecular flexibility index (Phi) is 4.77. The van der Waals surface area contributed by atoms with E-state index in [9.17, 15) is 24.6 Å². The minimum absolute atomic E-state index is 0.156. The van der Waals surface area contributed by atoms with Crippen LogP contribution < -0.4 is 0 Å². The average molecular weight is 432 g/mol. The molecule has 4 aliphatic rings. The summed E-state index contributed by atoms with van der Waals surface area (Å²) in [7, 11) is 0. The molecule has 0 spiro atoms. The third-order valence-corrected chi connectivity index (χ3v) is 8.65. The number of aliphatic hydroxyl groups excluding tert-OH is 1. The van der Waals surface area contributed by atoms with Crippen LogP contribution >= 0.6 is 0 Å². The quantitative estimate of drug-likeness (QED) is 0.525. The molecule has 2 N–H and O–H groups in total. The summed E-state index contributed by atoms with van der Waals surface area (Å²) in [5.74, 6) is -2.63. The van der Waals surface area contributed by atoms with Gasteiger partial charge in [-0.2, -0.15) is 0 Å². The van der Waals surface area contributed by atoms with Crippen molar-refractivity contribution in [2.75, 3.05) is 6.61 Å². The topological polar surface area (TPSA) is 101 Å². The fourth-order valence-corrected chi connectivity index (χ4v) is 6.96. The van der Waals surface area contributed by atoms with E-state index in [0.29, 0.717) is 18.4 Å². The number of hydrogen-bond acceptors (Lipinski definition) is 6. The highest BCUT2D eigenvalue weighted by molar-refractivity contribution is 6.01. The zero-order valence-corrected chi connectivity index (χ0v) is 18.1. The highest BCUT2D eigenvalue weighted by atomic mass is 19.1. The molecule has 7 atom stereocenters. The maximum atomic E-state index is 17.0. The summed E-state index contributed by atoms with van der Waals surface area (Å²) in [5.41, 5.74) is -5.46. The largest absolute Gasteiger partial charge is 0.458 e. The minimum atomic E-state index is -2.05. The molecule has 0 aromatic heterocycles. The molecule has 0 radical (unpaired) electrons. The van der Waals surface area contributed by atoms with Gasteiger partial charge in [-0.05, 0) is 56.3 Å². The smallest absolute Gasteiger partial charge is 0.303 e. The normalized spacial score (nSPS) is 46.0. The standard InChI is InChI=1S/C24H29FO6/c1-13-9-18-17-6-5-15-10-16(27)7-8-21(15,3)23(17,25)19(28)11-22(18,4)24(13,30)20(29)12-31-14(2)26/h7-8,10,17-19,28,30H,1,5-6,9,11-12H2,2-4H3/t17-,18-,19+,21+,22+,23+,24-/m1/s1. The molecule has 0 aromatic carbocycles. The maximum absolute atomic E-state index is 17.0. The van der Waals surface area contributed by atoms with Crippen molar-refractivity contribution in [1.82, 2.24) is 0 Å². The van der Waals surface area contributed by atoms with Crippen molar-refractivity contribution >= 4 is 17.5 Å². The molecule has 0 bridgehead atoms. The number of ether oxygens (including phenoxy) is 1. The first-order valence-corrected chi connectivity index (χ1v) is 10.7. The lowest BCUT2D eigenvalue weighted by Gasteiger charge is -2.62. The summed E-state index contributed by atoms with van der Waals surface area (Å²) in [5, 5.41) is 22.8. The molecule has 4 rings (SSSR count). The van der Waals surface area contributed by atoms with E-state index < -0.39 is 58.4 Å². The van der Waals surface area contributed by atoms with Gasteiger partial charge >= 0.3 is 5.97 Å². The van der Waals surface area contributed by atoms with Gasteiger partial charge in [0.05, 0.1) is 6.10 Å². The van der Waals surface area contributed by atoms with Crippen LogP contribution in [0.1, 0.15) is 46.5 Å². The first-order chi connectivity index (χ1) is 14.3. The highest BCUT2D eigenvalue weighted by Gasteiger charge is 2.75. The molecule has 3 saturated carbocycles. The number of Topliss-reactive ketones (excluding diaryl/α,β-unsaturated/α-hetero) is 1. The van der Waals surface area contributed by atoms with E-state index in [2.05, 4.69) is 6.58 Å². The lowest BCUT2D eigenvalue weighted by Crippen LogP contribution is -2.69. The summed E-state index contributed by atoms with van der Waals surface area (Å²) < 4.78 is 21.8. The Hall–Kier alpha value is -2.12. The van der Waals surface area contributed by atoms with Gasteiger partial charge < -0.3 is 14.9 Å². The number of carbonyl (C=O) groups excluding carboxylic acids is 3. The van der Waals surface area contributed by atoms with Crippen molar-refractivity contribution in [3.63, 3.8) is 0 Å². The number of hydrogen-bond donors (Lipinski definition) is 2. The summed E-state index contributed by atoms with van der Waals surface area (Å²) >= 11 is 0. The van der Waals surface area contributed by atoms with E-state index in [-0.39, 0.29) is 24.2 Å². The van der Waals surface area contributed by atoms with Crippen LogP contribution in [0.4, 0.5) is 4.39 Å². The minimum Gasteiger partial charge on any atom is -0.458 e. The number of esters is 1. The van der Waals surface area contributed by atoms with Gasteiger partial charge in [0.1, 0.15) is 0 Å². The Morgan fingerprint density at radius 3 is 2.65 bits per heavy atom. The third-order valence-electron chi connectivity index (χ3n) is 8.65. The van der Waals surface area contributed by atoms with Gasteiger partial charge in [-0.1, -0.05) is 25.2 Å². The van der Waals surface area contributed by atoms with Crippen molar-refractivity contribution < 1.29 is 33.7 Å². The molecular formula is C24H29FO6. The maximum Gasteiger partial charge on any atom is 0.303 e. The molecule has 0 aromatic rings. The van der Waals surface area contributed by atoms with Crippen LogP contribution in [0, 0.1) is 22.7 Å². The van der Waals surface area contributed by atoms with Gasteiger partial charge in [-0.15, -0.1) is 0 Å². The van der Waals surface area contributed by atoms with Crippen LogP contribution in [0.3, 0.4) is 0 Å². The SMILES string of the molecule is C=C1C[C@@H]2[C@H]3CCC4=CC(=O)C=C[C@]4(C)[C@@]3(F)[C@@H](O)C[C@]2(C)[C@]1(O)C(=O)COC(C)=O. The fourth-order valence-electron chi connectivity index (χ4n) is 6.96. The zero-order valence-electron chi connectivity index (χ0n) is 18.1. The van der Waals surface area contributed by atoms with E-state index >= 15 is 4.39 Å². The summed E-state index contributed by atoms with van der Waals surface area (Å²) in [6.45, 7) is 7.90. The number of aliphatic hydroxyl groups is 2. The van der Waals surface area contributed by atoms with Crippen molar-refractivity contribution in [2.24, 2.45) is 22.7 Å². The Labute approximate surface area is 180 Å². The van der Waals surface area contributed by atoms with E-state index in [1.54, 1.807) is 19.9 Å². The van der Waals surface area contributed by atoms with Gasteiger partial charge in [0, 0.05) is 23.7 Å². The Morgan fingerprint density at radius 1 is 1.32 bits per heavy atom. The second-order valence-electron chi connectivity index (χ2n) is 9.99. The molecule has 3 fully saturated rings. The fraction of sp³-hybridized carbons (Fsp3) is 0.625. The van der Waals surface area contributed by atoms with E-state index in [1.807, 2.05) is 0 Å². The van der Waals surface area contributed by atoms with Crippen LogP contribution in [0.25, 0.3) is 0 Å². The molecule has 7 heteroatoms. The summed E-state index contributed by atoms with van der Waals surface area (Å²) in [4.78, 5) is 36.1. The molecule has 0 saturated heterocycles. The molecule has 0 aliphatic heterocycles. The second-order valence-corrected chi connectivity index (χ2v) is 9.99. The highest BCUT2D eigenvalue weighted by Crippen LogP contribution is 2.70. The van der Waals surface area contributed by atoms with Crippen LogP contribution in [-0.2, 0) is 19.1 Å². The van der Waals surface area contributed by atoms with Gasteiger partial charge in [-0.3, -0.25) is 14.4 Å². The third kappa shape index (κ3) is 2.59. The number of allylic oxidation sites excluding steroid dienone is 4. The predicted octanol–water partition coefficient (Wildman–Crippen LogP) is 2.39. The van der Waals surface area contributed by atoms with E-state index in [4.69, 9.17) is 4.74 Å². The van der Waals surface area contributed by atoms with Crippen LogP contribution in [0.5, 0.6) is 0 Å². The number of rotatable bonds is 3. The molecule has 0 heterocycles. The first-order valence-electron chi connectivity index (χ1n) is 10.7. The average Bonchev–Trinajstić information content (AvgIpc) is 2.89. The Morgan fingerprint density at radius 2 is 2.00 bits per heavy atom. The molecule has 4 aliphatic carbocycles. The number of halogens is 1. The monoisotopic (exact) mass is 432 g/mol. The van der Waals surface area contributed by atoms with Gasteiger partial charge in [0.25, 0.3) is 0 Å². The van der Waals surface area contributed by atoms with Gasteiger partial charge in [-0.25, -0.2) is 4.39 Å². The predicted molar refractivity (Wildman–Crippen MR) is 109 cm³/mol. The number of fused-ring (bicyclic) bond motifs is 5. The molecule has 31 heavy (non-hydrogen) atoms. The molecular weight excluding hydrogens is 403 g/mol. The van der Waals surface area contributed by atoms with Crippen LogP contribution in [0.2, 0.25) is 0 Å². The van der Waals surface area contributed by atoms with Gasteiger partial charge in [0.2, 0.25) is 5.78 Å². The Balaban J connectivity index is 1.77.